The van der Waals surface area contributed by atoms with E-state index in [0.717, 1.165) is 36.2 Å². The fourth-order valence-corrected chi connectivity index (χ4v) is 4.01. The van der Waals surface area contributed by atoms with E-state index in [2.05, 4.69) is 16.3 Å². The fraction of sp³-hybridized carbons (Fsp3) is 0.647. The number of anilines is 1. The van der Waals surface area contributed by atoms with E-state index in [0.29, 0.717) is 6.54 Å². The third-order valence-electron chi connectivity index (χ3n) is 5.08. The number of rotatable bonds is 3. The summed E-state index contributed by atoms with van der Waals surface area (Å²) in [4.78, 5) is 2.42. The molecule has 2 fully saturated rings. The van der Waals surface area contributed by atoms with Crippen molar-refractivity contribution in [1.29, 1.82) is 0 Å². The molecule has 1 heterocycles. The average Bonchev–Trinajstić information content (AvgIpc) is 2.49. The van der Waals surface area contributed by atoms with Gasteiger partial charge in [-0.1, -0.05) is 25.3 Å². The van der Waals surface area contributed by atoms with Gasteiger partial charge in [0.25, 0.3) is 0 Å². The number of piperidine rings is 1. The molecule has 2 atom stereocenters. The molecule has 2 aliphatic rings. The summed E-state index contributed by atoms with van der Waals surface area (Å²) in [7, 11) is 1.88. The Morgan fingerprint density at radius 3 is 2.80 bits per heavy atom. The Bertz CT molecular complexity index is 460. The Kier molecular flexibility index (Phi) is 4.25. The molecule has 1 saturated heterocycles. The molecule has 2 unspecified atom stereocenters. The highest BCUT2D eigenvalue weighted by molar-refractivity contribution is 5.54. The van der Waals surface area contributed by atoms with Crippen LogP contribution in [0.25, 0.3) is 0 Å². The van der Waals surface area contributed by atoms with Gasteiger partial charge in [-0.05, 0) is 43.9 Å². The first kappa shape index (κ1) is 13.9. The molecule has 1 saturated carbocycles. The second-order valence-electron chi connectivity index (χ2n) is 6.31. The molecular formula is C17H25FN2. The zero-order valence-electron chi connectivity index (χ0n) is 12.4. The van der Waals surface area contributed by atoms with Crippen molar-refractivity contribution in [2.24, 2.45) is 11.8 Å². The van der Waals surface area contributed by atoms with Crippen LogP contribution in [0.15, 0.2) is 18.2 Å². The molecule has 3 heteroatoms. The van der Waals surface area contributed by atoms with E-state index in [1.54, 1.807) is 6.07 Å². The van der Waals surface area contributed by atoms with Crippen molar-refractivity contribution in [3.05, 3.63) is 29.6 Å². The summed E-state index contributed by atoms with van der Waals surface area (Å²) in [6.45, 7) is 2.80. The zero-order chi connectivity index (χ0) is 13.9. The lowest BCUT2D eigenvalue weighted by Gasteiger charge is -2.43. The molecule has 0 radical (unpaired) electrons. The van der Waals surface area contributed by atoms with Gasteiger partial charge in [-0.15, -0.1) is 0 Å². The van der Waals surface area contributed by atoms with Crippen LogP contribution in [-0.2, 0) is 6.54 Å². The van der Waals surface area contributed by atoms with Crippen LogP contribution in [0.1, 0.15) is 37.7 Å². The monoisotopic (exact) mass is 276 g/mol. The Hall–Kier alpha value is -1.09. The van der Waals surface area contributed by atoms with Gasteiger partial charge in [0.05, 0.1) is 0 Å². The van der Waals surface area contributed by atoms with Gasteiger partial charge in [-0.2, -0.15) is 0 Å². The van der Waals surface area contributed by atoms with Gasteiger partial charge < -0.3 is 10.2 Å². The highest BCUT2D eigenvalue weighted by atomic mass is 19.1. The molecule has 1 aromatic carbocycles. The first-order valence-electron chi connectivity index (χ1n) is 7.96. The minimum atomic E-state index is -0.0809. The lowest BCUT2D eigenvalue weighted by atomic mass is 9.75. The average molecular weight is 276 g/mol. The number of nitrogens with zero attached hydrogens (tertiary/aromatic N) is 1. The van der Waals surface area contributed by atoms with E-state index in [-0.39, 0.29) is 5.82 Å². The van der Waals surface area contributed by atoms with E-state index in [1.807, 2.05) is 13.1 Å². The number of nitrogens with one attached hydrogen (secondary N) is 1. The summed E-state index contributed by atoms with van der Waals surface area (Å²) >= 11 is 0. The standard InChI is InChI=1S/C17H25FN2/c1-19-11-15-16(18)7-4-8-17(15)20-10-9-13-5-2-3-6-14(13)12-20/h4,7-8,13-14,19H,2-3,5-6,9-12H2,1H3. The van der Waals surface area contributed by atoms with Crippen LogP contribution < -0.4 is 10.2 Å². The summed E-state index contributed by atoms with van der Waals surface area (Å²) in [6, 6.07) is 5.50. The quantitative estimate of drug-likeness (QED) is 0.908. The van der Waals surface area contributed by atoms with Crippen LogP contribution in [0.4, 0.5) is 10.1 Å². The molecule has 110 valence electrons. The topological polar surface area (TPSA) is 15.3 Å². The predicted octanol–water partition coefficient (Wildman–Crippen LogP) is 3.56. The molecule has 20 heavy (non-hydrogen) atoms. The van der Waals surface area contributed by atoms with E-state index in [1.165, 1.54) is 32.1 Å². The van der Waals surface area contributed by atoms with Crippen molar-refractivity contribution in [1.82, 2.24) is 5.32 Å². The Morgan fingerprint density at radius 2 is 2.00 bits per heavy atom. The third-order valence-corrected chi connectivity index (χ3v) is 5.08. The molecule has 1 aliphatic heterocycles. The maximum absolute atomic E-state index is 14.1. The van der Waals surface area contributed by atoms with Crippen LogP contribution in [0.2, 0.25) is 0 Å². The van der Waals surface area contributed by atoms with Crippen molar-refractivity contribution < 1.29 is 4.39 Å². The minimum Gasteiger partial charge on any atom is -0.371 e. The van der Waals surface area contributed by atoms with Gasteiger partial charge in [0.1, 0.15) is 5.82 Å². The zero-order valence-corrected chi connectivity index (χ0v) is 12.4. The van der Waals surface area contributed by atoms with E-state index in [9.17, 15) is 4.39 Å². The number of halogens is 1. The third kappa shape index (κ3) is 2.69. The summed E-state index contributed by atoms with van der Waals surface area (Å²) in [5.41, 5.74) is 1.92. The SMILES string of the molecule is CNCc1c(F)cccc1N1CCC2CCCCC2C1. The normalized spacial score (nSPS) is 26.4. The summed E-state index contributed by atoms with van der Waals surface area (Å²) in [6.07, 6.45) is 6.83. The van der Waals surface area contributed by atoms with Crippen LogP contribution in [0.5, 0.6) is 0 Å². The van der Waals surface area contributed by atoms with E-state index < -0.39 is 0 Å². The largest absolute Gasteiger partial charge is 0.371 e. The van der Waals surface area contributed by atoms with Gasteiger partial charge in [0.2, 0.25) is 0 Å². The van der Waals surface area contributed by atoms with Crippen molar-refractivity contribution in [2.75, 3.05) is 25.0 Å². The second-order valence-corrected chi connectivity index (χ2v) is 6.31. The van der Waals surface area contributed by atoms with Crippen LogP contribution >= 0.6 is 0 Å². The van der Waals surface area contributed by atoms with Gasteiger partial charge in [0.15, 0.2) is 0 Å². The molecule has 0 aromatic heterocycles. The van der Waals surface area contributed by atoms with Gasteiger partial charge in [-0.25, -0.2) is 4.39 Å². The lowest BCUT2D eigenvalue weighted by molar-refractivity contribution is 0.202. The van der Waals surface area contributed by atoms with Gasteiger partial charge >= 0.3 is 0 Å². The Morgan fingerprint density at radius 1 is 1.20 bits per heavy atom. The molecular weight excluding hydrogens is 251 g/mol. The molecule has 1 aromatic rings. The molecule has 2 nitrogen and oxygen atoms in total. The van der Waals surface area contributed by atoms with E-state index in [4.69, 9.17) is 0 Å². The maximum atomic E-state index is 14.1. The number of benzene rings is 1. The number of fused-ring (bicyclic) bond motifs is 1. The van der Waals surface area contributed by atoms with E-state index >= 15 is 0 Å². The second kappa shape index (κ2) is 6.13. The molecule has 3 rings (SSSR count). The van der Waals surface area contributed by atoms with Gasteiger partial charge in [0, 0.05) is 30.9 Å². The summed E-state index contributed by atoms with van der Waals surface area (Å²) in [5, 5.41) is 3.09. The maximum Gasteiger partial charge on any atom is 0.129 e. The van der Waals surface area contributed by atoms with Crippen LogP contribution in [-0.4, -0.2) is 20.1 Å². The van der Waals surface area contributed by atoms with Gasteiger partial charge in [-0.3, -0.25) is 0 Å². The number of hydrogen-bond acceptors (Lipinski definition) is 2. The Balaban J connectivity index is 1.81. The summed E-state index contributed by atoms with van der Waals surface area (Å²) < 4.78 is 14.1. The highest BCUT2D eigenvalue weighted by Gasteiger charge is 2.31. The lowest BCUT2D eigenvalue weighted by Crippen LogP contribution is -2.42. The molecule has 0 amide bonds. The molecule has 1 N–H and O–H groups in total. The van der Waals surface area contributed by atoms with Crippen LogP contribution in [0.3, 0.4) is 0 Å². The fourth-order valence-electron chi connectivity index (χ4n) is 4.01. The highest BCUT2D eigenvalue weighted by Crippen LogP contribution is 2.38. The minimum absolute atomic E-state index is 0.0809. The first-order chi connectivity index (χ1) is 9.79. The molecule has 1 aliphatic carbocycles. The Labute approximate surface area is 121 Å². The van der Waals surface area contributed by atoms with Crippen molar-refractivity contribution in [3.8, 4) is 0 Å². The molecule has 0 spiro atoms. The summed E-state index contributed by atoms with van der Waals surface area (Å²) in [5.74, 6) is 1.66. The van der Waals surface area contributed by atoms with Crippen LogP contribution in [0, 0.1) is 17.7 Å². The van der Waals surface area contributed by atoms with Crippen molar-refractivity contribution >= 4 is 5.69 Å². The van der Waals surface area contributed by atoms with Crippen molar-refractivity contribution in [2.45, 2.75) is 38.6 Å². The molecule has 0 bridgehead atoms. The predicted molar refractivity (Wildman–Crippen MR) is 81.4 cm³/mol. The van der Waals surface area contributed by atoms with Crippen molar-refractivity contribution in [3.63, 3.8) is 0 Å². The smallest absolute Gasteiger partial charge is 0.129 e. The number of hydrogen-bond donors (Lipinski definition) is 1. The first-order valence-corrected chi connectivity index (χ1v) is 7.96.